The van der Waals surface area contributed by atoms with E-state index < -0.39 is 0 Å². The van der Waals surface area contributed by atoms with Gasteiger partial charge < -0.3 is 10.1 Å². The van der Waals surface area contributed by atoms with E-state index in [1.165, 1.54) is 30.4 Å². The van der Waals surface area contributed by atoms with Crippen LogP contribution in [-0.2, 0) is 10.2 Å². The fourth-order valence-electron chi connectivity index (χ4n) is 3.29. The van der Waals surface area contributed by atoms with E-state index in [0.29, 0.717) is 5.41 Å². The van der Waals surface area contributed by atoms with E-state index in [2.05, 4.69) is 43.4 Å². The summed E-state index contributed by atoms with van der Waals surface area (Å²) in [5.74, 6) is 0.907. The van der Waals surface area contributed by atoms with Gasteiger partial charge in [0, 0.05) is 25.6 Å². The molecule has 1 fully saturated rings. The predicted octanol–water partition coefficient (Wildman–Crippen LogP) is 3.29. The van der Waals surface area contributed by atoms with E-state index in [1.54, 1.807) is 7.11 Å². The number of hydrogen-bond acceptors (Lipinski definition) is 2. The SMILES string of the molecule is CCC1CC(CNCCOC)(c2cccc(C)c2)C1. The zero-order chi connectivity index (χ0) is 13.7. The standard InChI is InChI=1S/C17H27NO/c1-4-15-11-17(12-15,13-18-8-9-19-3)16-7-5-6-14(2)10-16/h5-7,10,15,18H,4,8-9,11-13H2,1-3H3. The second-order valence-corrected chi connectivity index (χ2v) is 6.00. The molecule has 19 heavy (non-hydrogen) atoms. The van der Waals surface area contributed by atoms with Gasteiger partial charge in [-0.05, 0) is 31.2 Å². The minimum atomic E-state index is 0.362. The summed E-state index contributed by atoms with van der Waals surface area (Å²) in [6.07, 6.45) is 3.96. The first-order valence-corrected chi connectivity index (χ1v) is 7.47. The quantitative estimate of drug-likeness (QED) is 0.761. The van der Waals surface area contributed by atoms with Crippen LogP contribution in [0.15, 0.2) is 24.3 Å². The van der Waals surface area contributed by atoms with Gasteiger partial charge in [0.15, 0.2) is 0 Å². The van der Waals surface area contributed by atoms with Crippen molar-refractivity contribution in [3.05, 3.63) is 35.4 Å². The van der Waals surface area contributed by atoms with Crippen LogP contribution in [0.2, 0.25) is 0 Å². The Hall–Kier alpha value is -0.860. The van der Waals surface area contributed by atoms with Crippen LogP contribution in [0.5, 0.6) is 0 Å². The average Bonchev–Trinajstić information content (AvgIpc) is 2.37. The molecule has 2 nitrogen and oxygen atoms in total. The van der Waals surface area contributed by atoms with Gasteiger partial charge in [0.05, 0.1) is 6.61 Å². The number of aryl methyl sites for hydroxylation is 1. The van der Waals surface area contributed by atoms with Crippen molar-refractivity contribution in [1.29, 1.82) is 0 Å². The van der Waals surface area contributed by atoms with Crippen LogP contribution >= 0.6 is 0 Å². The highest BCUT2D eigenvalue weighted by Crippen LogP contribution is 2.48. The lowest BCUT2D eigenvalue weighted by molar-refractivity contribution is 0.128. The molecule has 0 amide bonds. The molecule has 1 aliphatic rings. The third kappa shape index (κ3) is 3.37. The van der Waals surface area contributed by atoms with Gasteiger partial charge >= 0.3 is 0 Å². The largest absolute Gasteiger partial charge is 0.383 e. The number of hydrogen-bond donors (Lipinski definition) is 1. The van der Waals surface area contributed by atoms with Gasteiger partial charge in [0.2, 0.25) is 0 Å². The Kier molecular flexibility index (Phi) is 5.00. The van der Waals surface area contributed by atoms with E-state index >= 15 is 0 Å². The molecule has 106 valence electrons. The molecule has 2 heteroatoms. The molecular formula is C17H27NO. The fourth-order valence-corrected chi connectivity index (χ4v) is 3.29. The van der Waals surface area contributed by atoms with Crippen molar-refractivity contribution >= 4 is 0 Å². The van der Waals surface area contributed by atoms with Gasteiger partial charge in [-0.25, -0.2) is 0 Å². The summed E-state index contributed by atoms with van der Waals surface area (Å²) < 4.78 is 5.11. The molecule has 0 spiro atoms. The Balaban J connectivity index is 2.03. The van der Waals surface area contributed by atoms with Gasteiger partial charge in [-0.1, -0.05) is 43.2 Å². The summed E-state index contributed by atoms with van der Waals surface area (Å²) in [5.41, 5.74) is 3.25. The first kappa shape index (κ1) is 14.5. The second kappa shape index (κ2) is 6.53. The summed E-state index contributed by atoms with van der Waals surface area (Å²) in [4.78, 5) is 0. The molecule has 0 saturated heterocycles. The van der Waals surface area contributed by atoms with Crippen molar-refractivity contribution in [1.82, 2.24) is 5.32 Å². The third-order valence-corrected chi connectivity index (χ3v) is 4.51. The molecule has 0 aliphatic heterocycles. The number of nitrogens with one attached hydrogen (secondary N) is 1. The first-order chi connectivity index (χ1) is 9.20. The first-order valence-electron chi connectivity index (χ1n) is 7.47. The molecule has 0 atom stereocenters. The molecule has 0 heterocycles. The van der Waals surface area contributed by atoms with Crippen LogP contribution in [0.3, 0.4) is 0 Å². The van der Waals surface area contributed by atoms with Gasteiger partial charge in [-0.3, -0.25) is 0 Å². The van der Waals surface area contributed by atoms with Crippen molar-refractivity contribution in [2.24, 2.45) is 5.92 Å². The van der Waals surface area contributed by atoms with Crippen LogP contribution in [-0.4, -0.2) is 26.8 Å². The maximum atomic E-state index is 5.11. The maximum absolute atomic E-state index is 5.11. The molecular weight excluding hydrogens is 234 g/mol. The highest BCUT2D eigenvalue weighted by Gasteiger charge is 2.44. The molecule has 0 unspecified atom stereocenters. The Morgan fingerprint density at radius 1 is 1.37 bits per heavy atom. The third-order valence-electron chi connectivity index (χ3n) is 4.51. The summed E-state index contributed by atoms with van der Waals surface area (Å²) in [7, 11) is 1.76. The maximum Gasteiger partial charge on any atom is 0.0587 e. The van der Waals surface area contributed by atoms with Crippen LogP contribution in [0.1, 0.15) is 37.3 Å². The lowest BCUT2D eigenvalue weighted by atomic mass is 9.57. The lowest BCUT2D eigenvalue weighted by Gasteiger charge is -2.48. The Morgan fingerprint density at radius 3 is 2.79 bits per heavy atom. The van der Waals surface area contributed by atoms with E-state index in [-0.39, 0.29) is 0 Å². The molecule has 0 radical (unpaired) electrons. The Bertz CT molecular complexity index is 396. The molecule has 1 saturated carbocycles. The van der Waals surface area contributed by atoms with E-state index in [0.717, 1.165) is 25.6 Å². The van der Waals surface area contributed by atoms with Crippen molar-refractivity contribution in [3.63, 3.8) is 0 Å². The van der Waals surface area contributed by atoms with Crippen LogP contribution in [0.4, 0.5) is 0 Å². The zero-order valence-electron chi connectivity index (χ0n) is 12.5. The van der Waals surface area contributed by atoms with Gasteiger partial charge in [0.1, 0.15) is 0 Å². The predicted molar refractivity (Wildman–Crippen MR) is 80.6 cm³/mol. The van der Waals surface area contributed by atoms with Crippen LogP contribution in [0.25, 0.3) is 0 Å². The molecule has 0 bridgehead atoms. The smallest absolute Gasteiger partial charge is 0.0587 e. The van der Waals surface area contributed by atoms with Gasteiger partial charge in [0.25, 0.3) is 0 Å². The molecule has 0 aromatic heterocycles. The average molecular weight is 261 g/mol. The summed E-state index contributed by atoms with van der Waals surface area (Å²) in [5, 5.41) is 3.57. The molecule has 2 rings (SSSR count). The number of ether oxygens (including phenoxy) is 1. The zero-order valence-corrected chi connectivity index (χ0v) is 12.5. The lowest BCUT2D eigenvalue weighted by Crippen LogP contribution is -2.49. The summed E-state index contributed by atoms with van der Waals surface area (Å²) >= 11 is 0. The normalized spacial score (nSPS) is 26.2. The number of benzene rings is 1. The van der Waals surface area contributed by atoms with Crippen LogP contribution in [0, 0.1) is 12.8 Å². The molecule has 1 N–H and O–H groups in total. The molecule has 1 aliphatic carbocycles. The highest BCUT2D eigenvalue weighted by molar-refractivity contribution is 5.33. The Morgan fingerprint density at radius 2 is 2.16 bits per heavy atom. The monoisotopic (exact) mass is 261 g/mol. The summed E-state index contributed by atoms with van der Waals surface area (Å²) in [6, 6.07) is 9.05. The van der Waals surface area contributed by atoms with E-state index in [9.17, 15) is 0 Å². The van der Waals surface area contributed by atoms with Crippen molar-refractivity contribution in [2.75, 3.05) is 26.8 Å². The topological polar surface area (TPSA) is 21.3 Å². The molecule has 1 aromatic rings. The number of methoxy groups -OCH3 is 1. The van der Waals surface area contributed by atoms with Gasteiger partial charge in [-0.15, -0.1) is 0 Å². The van der Waals surface area contributed by atoms with E-state index in [4.69, 9.17) is 4.74 Å². The number of rotatable bonds is 7. The fraction of sp³-hybridized carbons (Fsp3) is 0.647. The van der Waals surface area contributed by atoms with E-state index in [1.807, 2.05) is 0 Å². The molecule has 1 aromatic carbocycles. The minimum absolute atomic E-state index is 0.362. The van der Waals surface area contributed by atoms with Crippen molar-refractivity contribution < 1.29 is 4.74 Å². The van der Waals surface area contributed by atoms with Gasteiger partial charge in [-0.2, -0.15) is 0 Å². The van der Waals surface area contributed by atoms with Crippen molar-refractivity contribution in [2.45, 2.75) is 38.5 Å². The minimum Gasteiger partial charge on any atom is -0.383 e. The second-order valence-electron chi connectivity index (χ2n) is 6.00. The highest BCUT2D eigenvalue weighted by atomic mass is 16.5. The van der Waals surface area contributed by atoms with Crippen LogP contribution < -0.4 is 5.32 Å². The Labute approximate surface area is 117 Å². The van der Waals surface area contributed by atoms with Crippen molar-refractivity contribution in [3.8, 4) is 0 Å². The summed E-state index contributed by atoms with van der Waals surface area (Å²) in [6.45, 7) is 7.31.